The second kappa shape index (κ2) is 7.99. The number of anilines is 1. The number of hydrogen-bond donors (Lipinski definition) is 1. The molecule has 1 aliphatic rings. The first kappa shape index (κ1) is 18.0. The molecule has 0 aliphatic heterocycles. The molecule has 0 radical (unpaired) electrons. The molecule has 0 heterocycles. The third kappa shape index (κ3) is 4.59. The predicted octanol–water partition coefficient (Wildman–Crippen LogP) is 5.85. The second-order valence-corrected chi connectivity index (χ2v) is 7.82. The first-order chi connectivity index (χ1) is 10.9. The van der Waals surface area contributed by atoms with Crippen LogP contribution in [-0.4, -0.2) is 5.91 Å². The van der Waals surface area contributed by atoms with E-state index in [0.717, 1.165) is 18.5 Å². The molecule has 1 amide bonds. The van der Waals surface area contributed by atoms with E-state index in [1.807, 2.05) is 12.1 Å². The van der Waals surface area contributed by atoms with Crippen molar-refractivity contribution >= 4 is 11.6 Å². The highest BCUT2D eigenvalue weighted by molar-refractivity contribution is 5.92. The van der Waals surface area contributed by atoms with Crippen LogP contribution < -0.4 is 5.32 Å². The molecule has 0 spiro atoms. The Hall–Kier alpha value is -1.31. The second-order valence-electron chi connectivity index (χ2n) is 7.82. The Morgan fingerprint density at radius 3 is 2.39 bits per heavy atom. The molecular weight excluding hydrogens is 282 g/mol. The third-order valence-electron chi connectivity index (χ3n) is 5.88. The number of carbonyl (C=O) groups excluding carboxylic acids is 1. The van der Waals surface area contributed by atoms with Crippen molar-refractivity contribution in [2.24, 2.45) is 23.7 Å². The molecule has 1 aromatic rings. The molecule has 0 aromatic heterocycles. The molecule has 2 rings (SSSR count). The van der Waals surface area contributed by atoms with Gasteiger partial charge in [-0.25, -0.2) is 0 Å². The van der Waals surface area contributed by atoms with Gasteiger partial charge in [-0.2, -0.15) is 0 Å². The van der Waals surface area contributed by atoms with Crippen LogP contribution >= 0.6 is 0 Å². The van der Waals surface area contributed by atoms with Crippen LogP contribution in [0.1, 0.15) is 71.8 Å². The monoisotopic (exact) mass is 315 g/mol. The van der Waals surface area contributed by atoms with Gasteiger partial charge in [0.05, 0.1) is 0 Å². The average Bonchev–Trinajstić information content (AvgIpc) is 2.54. The van der Waals surface area contributed by atoms with Gasteiger partial charge in [0.25, 0.3) is 0 Å². The summed E-state index contributed by atoms with van der Waals surface area (Å²) in [6.07, 6.45) is 4.62. The molecular formula is C21H33NO. The van der Waals surface area contributed by atoms with Crippen LogP contribution in [0.5, 0.6) is 0 Å². The summed E-state index contributed by atoms with van der Waals surface area (Å²) >= 11 is 0. The van der Waals surface area contributed by atoms with Crippen molar-refractivity contribution in [2.45, 2.75) is 66.2 Å². The van der Waals surface area contributed by atoms with E-state index in [1.54, 1.807) is 0 Å². The van der Waals surface area contributed by atoms with Gasteiger partial charge in [-0.15, -0.1) is 0 Å². The Labute approximate surface area is 142 Å². The lowest BCUT2D eigenvalue weighted by Crippen LogP contribution is -2.34. The fourth-order valence-corrected chi connectivity index (χ4v) is 3.69. The van der Waals surface area contributed by atoms with Crippen LogP contribution in [0.3, 0.4) is 0 Å². The minimum absolute atomic E-state index is 0.158. The Bertz CT molecular complexity index is 505. The fourth-order valence-electron chi connectivity index (χ4n) is 3.69. The zero-order valence-corrected chi connectivity index (χ0v) is 15.4. The van der Waals surface area contributed by atoms with E-state index in [4.69, 9.17) is 0 Å². The first-order valence-corrected chi connectivity index (χ1v) is 9.33. The Morgan fingerprint density at radius 2 is 1.83 bits per heavy atom. The molecule has 2 heteroatoms. The van der Waals surface area contributed by atoms with Crippen LogP contribution in [0.15, 0.2) is 24.3 Å². The summed E-state index contributed by atoms with van der Waals surface area (Å²) in [5, 5.41) is 3.15. The summed E-state index contributed by atoms with van der Waals surface area (Å²) in [6, 6.07) is 8.38. The fraction of sp³-hybridized carbons (Fsp3) is 0.667. The van der Waals surface area contributed by atoms with Gasteiger partial charge in [0.1, 0.15) is 0 Å². The van der Waals surface area contributed by atoms with Crippen molar-refractivity contribution in [3.63, 3.8) is 0 Å². The number of rotatable bonds is 5. The van der Waals surface area contributed by atoms with Gasteiger partial charge >= 0.3 is 0 Å². The average molecular weight is 316 g/mol. The smallest absolute Gasteiger partial charge is 0.227 e. The molecule has 1 aliphatic carbocycles. The number of hydrogen-bond acceptors (Lipinski definition) is 1. The zero-order chi connectivity index (χ0) is 17.0. The van der Waals surface area contributed by atoms with Crippen LogP contribution in [-0.2, 0) is 4.79 Å². The van der Waals surface area contributed by atoms with E-state index in [2.05, 4.69) is 52.1 Å². The van der Waals surface area contributed by atoms with E-state index in [9.17, 15) is 4.79 Å². The number of benzene rings is 1. The molecule has 2 nitrogen and oxygen atoms in total. The summed E-state index contributed by atoms with van der Waals surface area (Å²) < 4.78 is 0. The highest BCUT2D eigenvalue weighted by Crippen LogP contribution is 2.37. The minimum Gasteiger partial charge on any atom is -0.326 e. The maximum absolute atomic E-state index is 12.7. The van der Waals surface area contributed by atoms with Crippen LogP contribution in [0.4, 0.5) is 5.69 Å². The van der Waals surface area contributed by atoms with E-state index < -0.39 is 0 Å². The summed E-state index contributed by atoms with van der Waals surface area (Å²) in [7, 11) is 0. The molecule has 1 N–H and O–H groups in total. The van der Waals surface area contributed by atoms with Crippen molar-refractivity contribution in [3.05, 3.63) is 29.8 Å². The predicted molar refractivity (Wildman–Crippen MR) is 98.6 cm³/mol. The summed E-state index contributed by atoms with van der Waals surface area (Å²) in [5.74, 6) is 2.79. The van der Waals surface area contributed by atoms with Crippen LogP contribution in [0.2, 0.25) is 0 Å². The van der Waals surface area contributed by atoms with Gasteiger partial charge in [-0.1, -0.05) is 46.8 Å². The SMILES string of the molecule is CCC(C)c1ccc(NC(=O)C2CC(C(C)C)CCC2C)cc1. The van der Waals surface area contributed by atoms with E-state index >= 15 is 0 Å². The lowest BCUT2D eigenvalue weighted by atomic mass is 9.71. The largest absolute Gasteiger partial charge is 0.326 e. The van der Waals surface area contributed by atoms with Gasteiger partial charge in [-0.05, 0) is 67.1 Å². The lowest BCUT2D eigenvalue weighted by molar-refractivity contribution is -0.123. The van der Waals surface area contributed by atoms with Gasteiger partial charge in [-0.3, -0.25) is 4.79 Å². The first-order valence-electron chi connectivity index (χ1n) is 9.33. The lowest BCUT2D eigenvalue weighted by Gasteiger charge is -2.35. The highest BCUT2D eigenvalue weighted by atomic mass is 16.1. The van der Waals surface area contributed by atoms with Gasteiger partial charge in [0.2, 0.25) is 5.91 Å². The standard InChI is InChI=1S/C21H33NO/c1-6-15(4)17-9-11-19(12-10-17)22-21(23)20-13-18(14(2)3)8-7-16(20)5/h9-12,14-16,18,20H,6-8,13H2,1-5H3,(H,22,23). The number of nitrogens with one attached hydrogen (secondary N) is 1. The van der Waals surface area contributed by atoms with Crippen molar-refractivity contribution in [1.82, 2.24) is 0 Å². The molecule has 23 heavy (non-hydrogen) atoms. The van der Waals surface area contributed by atoms with Gasteiger partial charge in [0, 0.05) is 11.6 Å². The van der Waals surface area contributed by atoms with Gasteiger partial charge in [0.15, 0.2) is 0 Å². The summed E-state index contributed by atoms with van der Waals surface area (Å²) in [4.78, 5) is 12.7. The topological polar surface area (TPSA) is 29.1 Å². The Kier molecular flexibility index (Phi) is 6.26. The number of amides is 1. The quantitative estimate of drug-likeness (QED) is 0.726. The molecule has 128 valence electrons. The van der Waals surface area contributed by atoms with E-state index in [0.29, 0.717) is 23.7 Å². The maximum Gasteiger partial charge on any atom is 0.227 e. The normalized spacial score (nSPS) is 26.1. The molecule has 1 fully saturated rings. The summed E-state index contributed by atoms with van der Waals surface area (Å²) in [5.41, 5.74) is 2.28. The number of carbonyl (C=O) groups is 1. The molecule has 1 saturated carbocycles. The molecule has 0 bridgehead atoms. The Balaban J connectivity index is 2.00. The van der Waals surface area contributed by atoms with Crippen molar-refractivity contribution < 1.29 is 4.79 Å². The molecule has 4 atom stereocenters. The van der Waals surface area contributed by atoms with Crippen molar-refractivity contribution in [2.75, 3.05) is 5.32 Å². The van der Waals surface area contributed by atoms with Crippen LogP contribution in [0, 0.1) is 23.7 Å². The van der Waals surface area contributed by atoms with E-state index in [1.165, 1.54) is 18.4 Å². The summed E-state index contributed by atoms with van der Waals surface area (Å²) in [6.45, 7) is 11.2. The van der Waals surface area contributed by atoms with E-state index in [-0.39, 0.29) is 11.8 Å². The highest BCUT2D eigenvalue weighted by Gasteiger charge is 2.33. The zero-order valence-electron chi connectivity index (χ0n) is 15.4. The minimum atomic E-state index is 0.158. The van der Waals surface area contributed by atoms with Crippen molar-refractivity contribution in [3.8, 4) is 0 Å². The molecule has 4 unspecified atom stereocenters. The van der Waals surface area contributed by atoms with Gasteiger partial charge < -0.3 is 5.32 Å². The Morgan fingerprint density at radius 1 is 1.17 bits per heavy atom. The maximum atomic E-state index is 12.7. The molecule has 0 saturated heterocycles. The van der Waals surface area contributed by atoms with Crippen molar-refractivity contribution in [1.29, 1.82) is 0 Å². The van der Waals surface area contributed by atoms with Crippen LogP contribution in [0.25, 0.3) is 0 Å². The third-order valence-corrected chi connectivity index (χ3v) is 5.88. The molecule has 1 aromatic carbocycles.